The lowest BCUT2D eigenvalue weighted by Gasteiger charge is -2.13. The summed E-state index contributed by atoms with van der Waals surface area (Å²) in [4.78, 5) is 16.9. The van der Waals surface area contributed by atoms with Crippen molar-refractivity contribution in [3.63, 3.8) is 0 Å². The largest absolute Gasteiger partial charge is 0.487 e. The molecule has 0 saturated heterocycles. The molecule has 2 heterocycles. The van der Waals surface area contributed by atoms with Crippen molar-refractivity contribution in [2.75, 3.05) is 6.26 Å². The van der Waals surface area contributed by atoms with Crippen molar-refractivity contribution in [2.45, 2.75) is 17.7 Å². The number of fused-ring (bicyclic) bond motifs is 1. The first-order valence-electron chi connectivity index (χ1n) is 9.17. The van der Waals surface area contributed by atoms with Crippen molar-refractivity contribution in [3.05, 3.63) is 70.9 Å². The summed E-state index contributed by atoms with van der Waals surface area (Å²) in [7, 11) is -1.20. The third-order valence-corrected chi connectivity index (χ3v) is 6.75. The number of primary amides is 1. The molecule has 1 unspecified atom stereocenters. The van der Waals surface area contributed by atoms with Gasteiger partial charge in [-0.3, -0.25) is 13.6 Å². The van der Waals surface area contributed by atoms with Crippen molar-refractivity contribution in [1.82, 2.24) is 9.55 Å². The molecule has 0 fully saturated rings. The molecule has 0 saturated carbocycles. The molecule has 1 amide bonds. The predicted octanol–water partition coefficient (Wildman–Crippen LogP) is 4.52. The molecule has 4 rings (SSSR count). The number of nitrogens with two attached hydrogens (primary N) is 1. The van der Waals surface area contributed by atoms with Gasteiger partial charge in [0.25, 0.3) is 5.91 Å². The Morgan fingerprint density at radius 1 is 1.22 bits per heavy atom. The monoisotopic (exact) mass is 479 g/mol. The summed E-state index contributed by atoms with van der Waals surface area (Å²) >= 11 is 1.02. The number of imidazole rings is 1. The maximum absolute atomic E-state index is 13.2. The van der Waals surface area contributed by atoms with Crippen LogP contribution in [0, 0.1) is 0 Å². The van der Waals surface area contributed by atoms with Crippen molar-refractivity contribution in [1.29, 1.82) is 0 Å². The normalized spacial score (nSPS) is 12.8. The van der Waals surface area contributed by atoms with Gasteiger partial charge in [0.2, 0.25) is 0 Å². The minimum atomic E-state index is -4.53. The highest BCUT2D eigenvalue weighted by Gasteiger charge is 2.33. The molecule has 0 aliphatic carbocycles. The van der Waals surface area contributed by atoms with Crippen molar-refractivity contribution in [3.8, 4) is 10.8 Å². The molecule has 6 nitrogen and oxygen atoms in total. The van der Waals surface area contributed by atoms with Gasteiger partial charge in [-0.1, -0.05) is 18.2 Å². The van der Waals surface area contributed by atoms with Gasteiger partial charge in [-0.2, -0.15) is 13.2 Å². The number of ether oxygens (including phenoxy) is 1. The first-order chi connectivity index (χ1) is 15.1. The third kappa shape index (κ3) is 4.26. The number of hydrogen-bond acceptors (Lipinski definition) is 5. The van der Waals surface area contributed by atoms with Gasteiger partial charge in [0.1, 0.15) is 28.6 Å². The van der Waals surface area contributed by atoms with Crippen LogP contribution >= 0.6 is 11.3 Å². The minimum absolute atomic E-state index is 0.0636. The molecule has 2 aromatic carbocycles. The van der Waals surface area contributed by atoms with Crippen LogP contribution < -0.4 is 10.5 Å². The fourth-order valence-electron chi connectivity index (χ4n) is 3.18. The molecule has 166 valence electrons. The number of amides is 1. The molecule has 32 heavy (non-hydrogen) atoms. The van der Waals surface area contributed by atoms with Crippen LogP contribution in [0.3, 0.4) is 0 Å². The summed E-state index contributed by atoms with van der Waals surface area (Å²) < 4.78 is 58.9. The summed E-state index contributed by atoms with van der Waals surface area (Å²) in [5.74, 6) is -0.688. The Balaban J connectivity index is 1.71. The van der Waals surface area contributed by atoms with E-state index in [0.29, 0.717) is 20.9 Å². The van der Waals surface area contributed by atoms with E-state index in [2.05, 4.69) is 4.98 Å². The third-order valence-electron chi connectivity index (χ3n) is 4.70. The van der Waals surface area contributed by atoms with Crippen LogP contribution in [0.5, 0.6) is 5.75 Å². The Morgan fingerprint density at radius 2 is 1.97 bits per heavy atom. The Morgan fingerprint density at radius 3 is 2.66 bits per heavy atom. The van der Waals surface area contributed by atoms with Crippen LogP contribution in [-0.2, 0) is 23.6 Å². The lowest BCUT2D eigenvalue weighted by Crippen LogP contribution is -2.13. The van der Waals surface area contributed by atoms with Crippen LogP contribution in [0.25, 0.3) is 16.0 Å². The molecule has 0 aliphatic heterocycles. The summed E-state index contributed by atoms with van der Waals surface area (Å²) in [5.41, 5.74) is 5.90. The first-order valence-corrected chi connectivity index (χ1v) is 11.5. The van der Waals surface area contributed by atoms with Crippen LogP contribution in [-0.4, -0.2) is 25.9 Å². The van der Waals surface area contributed by atoms with E-state index in [1.807, 2.05) is 0 Å². The Bertz CT molecular complexity index is 1350. The Kier molecular flexibility index (Phi) is 5.78. The molecular weight excluding hydrogens is 463 g/mol. The van der Waals surface area contributed by atoms with E-state index >= 15 is 0 Å². The van der Waals surface area contributed by atoms with Crippen molar-refractivity contribution < 1.29 is 26.9 Å². The number of alkyl halides is 3. The number of nitrogens with zero attached hydrogens (tertiary/aromatic N) is 2. The molecule has 0 spiro atoms. The van der Waals surface area contributed by atoms with Crippen LogP contribution in [0.4, 0.5) is 13.2 Å². The molecule has 11 heteroatoms. The van der Waals surface area contributed by atoms with Gasteiger partial charge in [-0.05, 0) is 24.3 Å². The van der Waals surface area contributed by atoms with Gasteiger partial charge in [0.05, 0.1) is 16.6 Å². The van der Waals surface area contributed by atoms with Gasteiger partial charge in [0.15, 0.2) is 0 Å². The van der Waals surface area contributed by atoms with E-state index in [0.717, 1.165) is 17.4 Å². The number of rotatable bonds is 6. The van der Waals surface area contributed by atoms with E-state index in [4.69, 9.17) is 10.5 Å². The number of carbonyl (C=O) groups is 1. The Labute approximate surface area is 186 Å². The number of benzene rings is 2. The van der Waals surface area contributed by atoms with Gasteiger partial charge < -0.3 is 10.5 Å². The van der Waals surface area contributed by atoms with E-state index in [1.165, 1.54) is 30.6 Å². The highest BCUT2D eigenvalue weighted by molar-refractivity contribution is 7.84. The van der Waals surface area contributed by atoms with Gasteiger partial charge in [-0.15, -0.1) is 11.3 Å². The second-order valence-electron chi connectivity index (χ2n) is 6.81. The number of carbonyl (C=O) groups excluding carboxylic acids is 1. The van der Waals surface area contributed by atoms with E-state index in [9.17, 15) is 22.2 Å². The number of thiophene rings is 1. The predicted molar refractivity (Wildman–Crippen MR) is 116 cm³/mol. The van der Waals surface area contributed by atoms with E-state index in [1.54, 1.807) is 29.0 Å². The SMILES string of the molecule is CS(=O)c1ccc2ncn(-c3cc(OCc4ccccc4C(F)(F)F)c(C(N)=O)s3)c2c1. The smallest absolute Gasteiger partial charge is 0.416 e. The van der Waals surface area contributed by atoms with Crippen molar-refractivity contribution >= 4 is 39.1 Å². The average Bonchev–Trinajstić information content (AvgIpc) is 3.35. The van der Waals surface area contributed by atoms with E-state index in [-0.39, 0.29) is 16.2 Å². The van der Waals surface area contributed by atoms with E-state index < -0.39 is 35.1 Å². The molecule has 0 radical (unpaired) electrons. The molecule has 1 atom stereocenters. The second-order valence-corrected chi connectivity index (χ2v) is 9.22. The fraction of sp³-hybridized carbons (Fsp3) is 0.143. The zero-order valence-corrected chi connectivity index (χ0v) is 18.2. The molecular formula is C21H16F3N3O3S2. The fourth-order valence-corrected chi connectivity index (χ4v) is 4.66. The zero-order chi connectivity index (χ0) is 23.0. The molecule has 0 bridgehead atoms. The topological polar surface area (TPSA) is 87.2 Å². The lowest BCUT2D eigenvalue weighted by atomic mass is 10.1. The minimum Gasteiger partial charge on any atom is -0.487 e. The van der Waals surface area contributed by atoms with Gasteiger partial charge in [0, 0.05) is 33.6 Å². The summed E-state index contributed by atoms with van der Waals surface area (Å²) in [6, 6.07) is 11.8. The summed E-state index contributed by atoms with van der Waals surface area (Å²) in [6.07, 6.45) is -1.44. The zero-order valence-electron chi connectivity index (χ0n) is 16.6. The molecule has 2 N–H and O–H groups in total. The summed E-state index contributed by atoms with van der Waals surface area (Å²) in [5, 5.41) is 0.527. The molecule has 0 aliphatic rings. The highest BCUT2D eigenvalue weighted by atomic mass is 32.2. The number of aromatic nitrogens is 2. The highest BCUT2D eigenvalue weighted by Crippen LogP contribution is 2.36. The Hall–Kier alpha value is -3.18. The molecule has 2 aromatic heterocycles. The number of hydrogen-bond donors (Lipinski definition) is 1. The lowest BCUT2D eigenvalue weighted by molar-refractivity contribution is -0.138. The molecule has 4 aromatic rings. The summed E-state index contributed by atoms with van der Waals surface area (Å²) in [6.45, 7) is -0.393. The van der Waals surface area contributed by atoms with Crippen LogP contribution in [0.1, 0.15) is 20.8 Å². The maximum atomic E-state index is 13.2. The van der Waals surface area contributed by atoms with Gasteiger partial charge >= 0.3 is 6.18 Å². The van der Waals surface area contributed by atoms with Gasteiger partial charge in [-0.25, -0.2) is 4.98 Å². The van der Waals surface area contributed by atoms with Crippen LogP contribution in [0.2, 0.25) is 0 Å². The van der Waals surface area contributed by atoms with Crippen LogP contribution in [0.15, 0.2) is 59.8 Å². The maximum Gasteiger partial charge on any atom is 0.416 e. The number of halogens is 3. The average molecular weight is 480 g/mol. The first kappa shape index (κ1) is 22.0. The standard InChI is InChI=1S/C21H16F3N3O3S2/c1-32(29)13-6-7-15-16(8-13)27(11-26-15)18-9-17(19(31-18)20(25)28)30-10-12-4-2-3-5-14(12)21(22,23)24/h2-9,11H,10H2,1H3,(H2,25,28). The quantitative estimate of drug-likeness (QED) is 0.441. The van der Waals surface area contributed by atoms with Crippen molar-refractivity contribution in [2.24, 2.45) is 5.73 Å². The second kappa shape index (κ2) is 8.40.